The molecule has 3 aromatic carbocycles. The number of benzene rings is 3. The van der Waals surface area contributed by atoms with Crippen LogP contribution < -0.4 is 0 Å². The predicted octanol–water partition coefficient (Wildman–Crippen LogP) is 5.47. The lowest BCUT2D eigenvalue weighted by Gasteiger charge is -2.10. The maximum Gasteiger partial charge on any atom is 0.269 e. The number of Topliss-reactive ketones (excluding diaryl/α,β-unsaturated/α-hetero) is 1. The SMILES string of the molecule is O=C(CSc1nnc(-c2ccccc2)n1-c1ccc(Cl)cc1)c1ccc([N+](=O)[O-])cc1. The van der Waals surface area contributed by atoms with Crippen LogP contribution in [0.5, 0.6) is 0 Å². The van der Waals surface area contributed by atoms with Crippen molar-refractivity contribution in [3.05, 3.63) is 99.6 Å². The van der Waals surface area contributed by atoms with Gasteiger partial charge in [-0.15, -0.1) is 10.2 Å². The Morgan fingerprint density at radius 3 is 2.29 bits per heavy atom. The van der Waals surface area contributed by atoms with Gasteiger partial charge in [-0.3, -0.25) is 19.5 Å². The molecule has 0 radical (unpaired) electrons. The van der Waals surface area contributed by atoms with Crippen LogP contribution in [0.1, 0.15) is 10.4 Å². The highest BCUT2D eigenvalue weighted by Crippen LogP contribution is 2.29. The van der Waals surface area contributed by atoms with Crippen LogP contribution >= 0.6 is 23.4 Å². The number of carbonyl (C=O) groups is 1. The second-order valence-corrected chi connectivity index (χ2v) is 7.88. The summed E-state index contributed by atoms with van der Waals surface area (Å²) in [7, 11) is 0. The molecule has 0 spiro atoms. The molecule has 7 nitrogen and oxygen atoms in total. The molecule has 0 saturated heterocycles. The Kier molecular flexibility index (Phi) is 6.11. The number of nitrogens with zero attached hydrogens (tertiary/aromatic N) is 4. The zero-order chi connectivity index (χ0) is 21.8. The van der Waals surface area contributed by atoms with E-state index in [0.29, 0.717) is 21.6 Å². The van der Waals surface area contributed by atoms with Crippen LogP contribution in [0.25, 0.3) is 17.1 Å². The molecule has 0 aliphatic rings. The van der Waals surface area contributed by atoms with E-state index in [4.69, 9.17) is 11.6 Å². The van der Waals surface area contributed by atoms with Crippen molar-refractivity contribution >= 4 is 34.8 Å². The molecule has 0 aliphatic heterocycles. The van der Waals surface area contributed by atoms with Crippen LogP contribution in [0.4, 0.5) is 5.69 Å². The smallest absolute Gasteiger partial charge is 0.269 e. The van der Waals surface area contributed by atoms with Gasteiger partial charge < -0.3 is 0 Å². The number of nitro groups is 1. The maximum absolute atomic E-state index is 12.6. The molecular formula is C22H15ClN4O3S. The maximum atomic E-state index is 12.6. The average molecular weight is 451 g/mol. The fourth-order valence-electron chi connectivity index (χ4n) is 2.94. The van der Waals surface area contributed by atoms with Gasteiger partial charge >= 0.3 is 0 Å². The van der Waals surface area contributed by atoms with Crippen LogP contribution in [-0.2, 0) is 0 Å². The summed E-state index contributed by atoms with van der Waals surface area (Å²) >= 11 is 7.29. The predicted molar refractivity (Wildman–Crippen MR) is 120 cm³/mol. The van der Waals surface area contributed by atoms with Crippen molar-refractivity contribution in [1.29, 1.82) is 0 Å². The molecule has 31 heavy (non-hydrogen) atoms. The molecule has 0 bridgehead atoms. The van der Waals surface area contributed by atoms with Gasteiger partial charge in [-0.2, -0.15) is 0 Å². The van der Waals surface area contributed by atoms with Gasteiger partial charge in [0.1, 0.15) is 0 Å². The molecule has 0 N–H and O–H groups in total. The monoisotopic (exact) mass is 450 g/mol. The van der Waals surface area contributed by atoms with Crippen LogP contribution in [-0.4, -0.2) is 31.2 Å². The van der Waals surface area contributed by atoms with Gasteiger partial charge in [0.25, 0.3) is 5.69 Å². The summed E-state index contributed by atoms with van der Waals surface area (Å²) in [6.45, 7) is 0. The van der Waals surface area contributed by atoms with E-state index in [0.717, 1.165) is 11.3 Å². The number of nitro benzene ring substituents is 1. The zero-order valence-corrected chi connectivity index (χ0v) is 17.6. The number of non-ortho nitro benzene ring substituents is 1. The van der Waals surface area contributed by atoms with E-state index in [-0.39, 0.29) is 17.2 Å². The number of hydrogen-bond acceptors (Lipinski definition) is 6. The molecule has 154 valence electrons. The molecule has 0 fully saturated rings. The normalized spacial score (nSPS) is 10.7. The van der Waals surface area contributed by atoms with Gasteiger partial charge in [0.05, 0.1) is 10.7 Å². The number of carbonyl (C=O) groups excluding carboxylic acids is 1. The van der Waals surface area contributed by atoms with E-state index in [1.165, 1.54) is 36.0 Å². The summed E-state index contributed by atoms with van der Waals surface area (Å²) in [5.74, 6) is 0.596. The van der Waals surface area contributed by atoms with Crippen molar-refractivity contribution in [2.24, 2.45) is 0 Å². The van der Waals surface area contributed by atoms with E-state index in [2.05, 4.69) is 10.2 Å². The fourth-order valence-corrected chi connectivity index (χ4v) is 3.92. The molecular weight excluding hydrogens is 436 g/mol. The molecule has 0 aliphatic carbocycles. The minimum Gasteiger partial charge on any atom is -0.293 e. The standard InChI is InChI=1S/C22H15ClN4O3S/c23-17-8-12-18(13-9-17)26-21(16-4-2-1-3-5-16)24-25-22(26)31-14-20(28)15-6-10-19(11-7-15)27(29)30/h1-13H,14H2. The van der Waals surface area contributed by atoms with E-state index in [1.807, 2.05) is 47.0 Å². The van der Waals surface area contributed by atoms with Gasteiger partial charge in [-0.05, 0) is 36.4 Å². The number of aromatic nitrogens is 3. The van der Waals surface area contributed by atoms with Gasteiger partial charge in [-0.25, -0.2) is 0 Å². The molecule has 4 aromatic rings. The molecule has 1 aromatic heterocycles. The van der Waals surface area contributed by atoms with Crippen molar-refractivity contribution in [3.63, 3.8) is 0 Å². The highest BCUT2D eigenvalue weighted by atomic mass is 35.5. The number of thioether (sulfide) groups is 1. The van der Waals surface area contributed by atoms with Crippen LogP contribution in [0, 0.1) is 10.1 Å². The first-order valence-corrected chi connectivity index (χ1v) is 10.6. The third kappa shape index (κ3) is 4.65. The Labute approximate surface area is 186 Å². The Morgan fingerprint density at radius 1 is 0.968 bits per heavy atom. The Bertz CT molecular complexity index is 1230. The third-order valence-corrected chi connectivity index (χ3v) is 5.66. The Hall–Kier alpha value is -3.49. The van der Waals surface area contributed by atoms with Crippen molar-refractivity contribution in [2.75, 3.05) is 5.75 Å². The summed E-state index contributed by atoms with van der Waals surface area (Å²) in [4.78, 5) is 22.9. The molecule has 0 atom stereocenters. The average Bonchev–Trinajstić information content (AvgIpc) is 3.22. The lowest BCUT2D eigenvalue weighted by molar-refractivity contribution is -0.384. The lowest BCUT2D eigenvalue weighted by Crippen LogP contribution is -2.05. The molecule has 4 rings (SSSR count). The summed E-state index contributed by atoms with van der Waals surface area (Å²) < 4.78 is 1.87. The highest BCUT2D eigenvalue weighted by molar-refractivity contribution is 7.99. The number of halogens is 1. The number of hydrogen-bond donors (Lipinski definition) is 0. The van der Waals surface area contributed by atoms with Gasteiger partial charge in [-0.1, -0.05) is 53.7 Å². The first-order valence-electron chi connectivity index (χ1n) is 9.20. The molecule has 0 saturated carbocycles. The van der Waals surface area contributed by atoms with E-state index >= 15 is 0 Å². The van der Waals surface area contributed by atoms with E-state index in [1.54, 1.807) is 12.1 Å². The van der Waals surface area contributed by atoms with Crippen LogP contribution in [0.3, 0.4) is 0 Å². The van der Waals surface area contributed by atoms with Crippen LogP contribution in [0.2, 0.25) is 5.02 Å². The molecule has 9 heteroatoms. The Balaban J connectivity index is 1.62. The second kappa shape index (κ2) is 9.11. The van der Waals surface area contributed by atoms with Crippen molar-refractivity contribution in [1.82, 2.24) is 14.8 Å². The first kappa shape index (κ1) is 20.8. The van der Waals surface area contributed by atoms with Crippen molar-refractivity contribution in [2.45, 2.75) is 5.16 Å². The van der Waals surface area contributed by atoms with Gasteiger partial charge in [0.15, 0.2) is 16.8 Å². The van der Waals surface area contributed by atoms with Gasteiger partial charge in [0.2, 0.25) is 0 Å². The van der Waals surface area contributed by atoms with Crippen molar-refractivity contribution in [3.8, 4) is 17.1 Å². The van der Waals surface area contributed by atoms with Crippen LogP contribution in [0.15, 0.2) is 84.0 Å². The molecule has 0 amide bonds. The zero-order valence-electron chi connectivity index (χ0n) is 16.0. The third-order valence-electron chi connectivity index (χ3n) is 4.48. The summed E-state index contributed by atoms with van der Waals surface area (Å²) in [5, 5.41) is 20.6. The highest BCUT2D eigenvalue weighted by Gasteiger charge is 2.18. The molecule has 1 heterocycles. The topological polar surface area (TPSA) is 90.9 Å². The lowest BCUT2D eigenvalue weighted by atomic mass is 10.1. The number of rotatable bonds is 7. The van der Waals surface area contributed by atoms with E-state index < -0.39 is 4.92 Å². The summed E-state index contributed by atoms with van der Waals surface area (Å²) in [6.07, 6.45) is 0. The second-order valence-electron chi connectivity index (χ2n) is 6.50. The molecule has 0 unspecified atom stereocenters. The summed E-state index contributed by atoms with van der Waals surface area (Å²) in [5.41, 5.74) is 2.05. The minimum absolute atomic E-state index is 0.0563. The van der Waals surface area contributed by atoms with E-state index in [9.17, 15) is 14.9 Å². The number of ketones is 1. The fraction of sp³-hybridized carbons (Fsp3) is 0.0455. The Morgan fingerprint density at radius 2 is 1.65 bits per heavy atom. The van der Waals surface area contributed by atoms with Crippen molar-refractivity contribution < 1.29 is 9.72 Å². The summed E-state index contributed by atoms with van der Waals surface area (Å²) in [6, 6.07) is 22.5. The first-order chi connectivity index (χ1) is 15.0. The quantitative estimate of drug-likeness (QED) is 0.160. The largest absolute Gasteiger partial charge is 0.293 e. The van der Waals surface area contributed by atoms with Gasteiger partial charge in [0, 0.05) is 34.0 Å². The minimum atomic E-state index is -0.497.